The number of hydrogen-bond acceptors (Lipinski definition) is 7. The van der Waals surface area contributed by atoms with E-state index in [2.05, 4.69) is 34.7 Å². The summed E-state index contributed by atoms with van der Waals surface area (Å²) >= 11 is 0. The topological polar surface area (TPSA) is 70.9 Å². The van der Waals surface area contributed by atoms with E-state index >= 15 is 0 Å². The van der Waals surface area contributed by atoms with Crippen molar-refractivity contribution in [2.45, 2.75) is 6.54 Å². The van der Waals surface area contributed by atoms with Crippen molar-refractivity contribution < 1.29 is 0 Å². The summed E-state index contributed by atoms with van der Waals surface area (Å²) in [6.07, 6.45) is 9.11. The van der Waals surface area contributed by atoms with Gasteiger partial charge < -0.3 is 4.90 Å². The van der Waals surface area contributed by atoms with Crippen LogP contribution < -0.4 is 4.90 Å². The first kappa shape index (κ1) is 15.6. The van der Waals surface area contributed by atoms with Crippen molar-refractivity contribution in [3.63, 3.8) is 0 Å². The van der Waals surface area contributed by atoms with Gasteiger partial charge in [-0.25, -0.2) is 19.9 Å². The molecule has 126 valence electrons. The number of anilines is 1. The second-order valence-corrected chi connectivity index (χ2v) is 5.94. The van der Waals surface area contributed by atoms with E-state index in [4.69, 9.17) is 0 Å². The van der Waals surface area contributed by atoms with Gasteiger partial charge in [-0.1, -0.05) is 6.07 Å². The molecular formula is C18H19N7. The quantitative estimate of drug-likeness (QED) is 0.719. The molecule has 3 aromatic rings. The molecule has 0 aliphatic carbocycles. The van der Waals surface area contributed by atoms with Crippen molar-refractivity contribution in [1.82, 2.24) is 29.8 Å². The van der Waals surface area contributed by atoms with Crippen LogP contribution in [0.1, 0.15) is 5.56 Å². The zero-order chi connectivity index (χ0) is 16.9. The van der Waals surface area contributed by atoms with E-state index in [1.807, 2.05) is 36.7 Å². The second kappa shape index (κ2) is 7.31. The van der Waals surface area contributed by atoms with Gasteiger partial charge in [0.25, 0.3) is 0 Å². The molecule has 25 heavy (non-hydrogen) atoms. The average molecular weight is 333 g/mol. The van der Waals surface area contributed by atoms with Crippen molar-refractivity contribution in [2.75, 3.05) is 31.1 Å². The highest BCUT2D eigenvalue weighted by atomic mass is 15.3. The fourth-order valence-electron chi connectivity index (χ4n) is 2.88. The molecule has 0 unspecified atom stereocenters. The maximum absolute atomic E-state index is 4.45. The largest absolute Gasteiger partial charge is 0.338 e. The summed E-state index contributed by atoms with van der Waals surface area (Å²) in [6.45, 7) is 4.65. The van der Waals surface area contributed by atoms with E-state index < -0.39 is 0 Å². The molecule has 0 aromatic carbocycles. The molecule has 0 bridgehead atoms. The average Bonchev–Trinajstić information content (AvgIpc) is 2.71. The van der Waals surface area contributed by atoms with Crippen molar-refractivity contribution >= 4 is 5.95 Å². The highest BCUT2D eigenvalue weighted by Crippen LogP contribution is 2.14. The summed E-state index contributed by atoms with van der Waals surface area (Å²) in [5.74, 6) is 1.47. The van der Waals surface area contributed by atoms with Gasteiger partial charge in [0.05, 0.1) is 0 Å². The first-order chi connectivity index (χ1) is 12.4. The van der Waals surface area contributed by atoms with Gasteiger partial charge >= 0.3 is 0 Å². The van der Waals surface area contributed by atoms with Crippen LogP contribution in [0.2, 0.25) is 0 Å². The summed E-state index contributed by atoms with van der Waals surface area (Å²) in [4.78, 5) is 26.4. The van der Waals surface area contributed by atoms with E-state index in [0.29, 0.717) is 5.82 Å². The molecule has 4 heterocycles. The van der Waals surface area contributed by atoms with Crippen LogP contribution in [0.15, 0.2) is 55.2 Å². The van der Waals surface area contributed by atoms with Crippen LogP contribution in [0.3, 0.4) is 0 Å². The third-order valence-corrected chi connectivity index (χ3v) is 4.21. The van der Waals surface area contributed by atoms with E-state index in [-0.39, 0.29) is 0 Å². The minimum absolute atomic E-state index is 0.662. The van der Waals surface area contributed by atoms with Crippen molar-refractivity contribution in [1.29, 1.82) is 0 Å². The highest BCUT2D eigenvalue weighted by molar-refractivity contribution is 5.47. The van der Waals surface area contributed by atoms with E-state index in [0.717, 1.165) is 49.9 Å². The second-order valence-electron chi connectivity index (χ2n) is 5.94. The number of pyridine rings is 1. The van der Waals surface area contributed by atoms with Crippen molar-refractivity contribution in [2.24, 2.45) is 0 Å². The molecule has 1 saturated heterocycles. The normalized spacial score (nSPS) is 15.3. The van der Waals surface area contributed by atoms with Crippen LogP contribution in [0.5, 0.6) is 0 Å². The third-order valence-electron chi connectivity index (χ3n) is 4.21. The number of aromatic nitrogens is 5. The van der Waals surface area contributed by atoms with Gasteiger partial charge in [-0.05, 0) is 18.2 Å². The monoisotopic (exact) mass is 333 g/mol. The Balaban J connectivity index is 1.34. The molecule has 1 aliphatic rings. The molecule has 1 fully saturated rings. The molecule has 7 heteroatoms. The van der Waals surface area contributed by atoms with E-state index in [1.165, 1.54) is 0 Å². The molecular weight excluding hydrogens is 314 g/mol. The lowest BCUT2D eigenvalue weighted by atomic mass is 10.2. The van der Waals surface area contributed by atoms with Crippen molar-refractivity contribution in [3.05, 3.63) is 60.8 Å². The van der Waals surface area contributed by atoms with Crippen LogP contribution in [0.25, 0.3) is 11.5 Å². The fraction of sp³-hybridized carbons (Fsp3) is 0.278. The number of rotatable bonds is 4. The summed E-state index contributed by atoms with van der Waals surface area (Å²) in [5, 5.41) is 0. The minimum atomic E-state index is 0.662. The Bertz CT molecular complexity index is 785. The minimum Gasteiger partial charge on any atom is -0.338 e. The van der Waals surface area contributed by atoms with Crippen LogP contribution in [-0.4, -0.2) is 56.0 Å². The van der Waals surface area contributed by atoms with Crippen LogP contribution >= 0.6 is 0 Å². The first-order valence-electron chi connectivity index (χ1n) is 8.35. The van der Waals surface area contributed by atoms with E-state index in [9.17, 15) is 0 Å². The molecule has 0 saturated carbocycles. The first-order valence-corrected chi connectivity index (χ1v) is 8.35. The van der Waals surface area contributed by atoms with Crippen LogP contribution in [-0.2, 0) is 6.54 Å². The van der Waals surface area contributed by atoms with Gasteiger partial charge in [0.15, 0.2) is 5.82 Å². The molecule has 0 amide bonds. The zero-order valence-electron chi connectivity index (χ0n) is 13.9. The van der Waals surface area contributed by atoms with Gasteiger partial charge in [0, 0.05) is 69.3 Å². The molecule has 0 atom stereocenters. The predicted octanol–water partition coefficient (Wildman–Crippen LogP) is 1.65. The number of nitrogens with zero attached hydrogens (tertiary/aromatic N) is 7. The Morgan fingerprint density at radius 1 is 0.760 bits per heavy atom. The predicted molar refractivity (Wildman–Crippen MR) is 94.8 cm³/mol. The molecule has 0 N–H and O–H groups in total. The lowest BCUT2D eigenvalue weighted by Crippen LogP contribution is -2.46. The Labute approximate surface area is 146 Å². The summed E-state index contributed by atoms with van der Waals surface area (Å²) < 4.78 is 0. The Morgan fingerprint density at radius 3 is 2.16 bits per heavy atom. The SMILES string of the molecule is c1ccc(-c2ncc(CN3CCN(c4ncccn4)CC3)cn2)nc1. The molecule has 0 radical (unpaired) electrons. The highest BCUT2D eigenvalue weighted by Gasteiger charge is 2.19. The maximum atomic E-state index is 4.45. The lowest BCUT2D eigenvalue weighted by Gasteiger charge is -2.34. The van der Waals surface area contributed by atoms with Gasteiger partial charge in [0.1, 0.15) is 5.69 Å². The summed E-state index contributed by atoms with van der Waals surface area (Å²) in [7, 11) is 0. The third kappa shape index (κ3) is 3.77. The molecule has 7 nitrogen and oxygen atoms in total. The number of hydrogen-bond donors (Lipinski definition) is 0. The Hall–Kier alpha value is -2.93. The lowest BCUT2D eigenvalue weighted by molar-refractivity contribution is 0.248. The van der Waals surface area contributed by atoms with Gasteiger partial charge in [-0.3, -0.25) is 9.88 Å². The Kier molecular flexibility index (Phi) is 4.56. The van der Waals surface area contributed by atoms with E-state index in [1.54, 1.807) is 18.6 Å². The zero-order valence-corrected chi connectivity index (χ0v) is 13.9. The van der Waals surface area contributed by atoms with Crippen molar-refractivity contribution in [3.8, 4) is 11.5 Å². The smallest absolute Gasteiger partial charge is 0.225 e. The van der Waals surface area contributed by atoms with Gasteiger partial charge in [-0.2, -0.15) is 0 Å². The number of piperazine rings is 1. The van der Waals surface area contributed by atoms with Crippen LogP contribution in [0.4, 0.5) is 5.95 Å². The van der Waals surface area contributed by atoms with Gasteiger partial charge in [-0.15, -0.1) is 0 Å². The molecule has 0 spiro atoms. The molecule has 4 rings (SSSR count). The Morgan fingerprint density at radius 2 is 1.48 bits per heavy atom. The molecule has 1 aliphatic heterocycles. The standard InChI is InChI=1S/C18H19N7/c1-2-5-19-16(4-1)17-22-12-15(13-23-17)14-24-8-10-25(11-9-24)18-20-6-3-7-21-18/h1-7,12-13H,8-11,14H2. The summed E-state index contributed by atoms with van der Waals surface area (Å²) in [5.41, 5.74) is 1.91. The van der Waals surface area contributed by atoms with Gasteiger partial charge in [0.2, 0.25) is 5.95 Å². The molecule has 3 aromatic heterocycles. The maximum Gasteiger partial charge on any atom is 0.225 e. The fourth-order valence-corrected chi connectivity index (χ4v) is 2.88. The van der Waals surface area contributed by atoms with Crippen LogP contribution in [0, 0.1) is 0 Å². The summed E-state index contributed by atoms with van der Waals surface area (Å²) in [6, 6.07) is 7.59.